The van der Waals surface area contributed by atoms with Gasteiger partial charge in [-0.05, 0) is 35.4 Å². The first-order valence-electron chi connectivity index (χ1n) is 8.69. The largest absolute Gasteiger partial charge is 0.321 e. The number of amides is 1. The molecule has 1 aliphatic heterocycles. The number of rotatable bonds is 4. The predicted octanol–water partition coefficient (Wildman–Crippen LogP) is 5.70. The first-order chi connectivity index (χ1) is 14.0. The summed E-state index contributed by atoms with van der Waals surface area (Å²) in [4.78, 5) is 18.2. The Morgan fingerprint density at radius 2 is 1.83 bits per heavy atom. The highest BCUT2D eigenvalue weighted by molar-refractivity contribution is 9.10. The zero-order valence-corrected chi connectivity index (χ0v) is 17.3. The first kappa shape index (κ1) is 20.0. The lowest BCUT2D eigenvalue weighted by Gasteiger charge is -2.26. The van der Waals surface area contributed by atoms with Crippen LogP contribution in [0.25, 0.3) is 11.1 Å². The summed E-state index contributed by atoms with van der Waals surface area (Å²) in [5, 5.41) is -0.414. The van der Waals surface area contributed by atoms with E-state index in [2.05, 4.69) is 20.9 Å². The summed E-state index contributed by atoms with van der Waals surface area (Å²) in [5.41, 5.74) is 2.58. The van der Waals surface area contributed by atoms with Crippen molar-refractivity contribution in [2.45, 2.75) is 11.9 Å². The molecule has 3 nitrogen and oxygen atoms in total. The zero-order valence-electron chi connectivity index (χ0n) is 14.9. The lowest BCUT2D eigenvalue weighted by atomic mass is 10.0. The van der Waals surface area contributed by atoms with Gasteiger partial charge in [0.05, 0.1) is 12.3 Å². The van der Waals surface area contributed by atoms with Crippen molar-refractivity contribution in [2.24, 2.45) is 0 Å². The number of hydrogen-bond acceptors (Lipinski definition) is 3. The number of carbonyl (C=O) groups excluding carboxylic acids is 1. The number of pyridine rings is 1. The number of aromatic nitrogens is 1. The Balaban J connectivity index is 1.71. The van der Waals surface area contributed by atoms with E-state index in [1.54, 1.807) is 12.4 Å². The summed E-state index contributed by atoms with van der Waals surface area (Å²) in [6, 6.07) is 11.6. The van der Waals surface area contributed by atoms with Gasteiger partial charge in [0.15, 0.2) is 17.5 Å². The molecule has 0 bridgehead atoms. The minimum Gasteiger partial charge on any atom is -0.321 e. The van der Waals surface area contributed by atoms with Crippen LogP contribution in [0.2, 0.25) is 0 Å². The van der Waals surface area contributed by atoms with Crippen LogP contribution < -0.4 is 0 Å². The van der Waals surface area contributed by atoms with E-state index in [-0.39, 0.29) is 23.8 Å². The normalized spacial score (nSPS) is 16.5. The summed E-state index contributed by atoms with van der Waals surface area (Å²) >= 11 is 4.81. The summed E-state index contributed by atoms with van der Waals surface area (Å²) in [6.07, 6.45) is 3.35. The quantitative estimate of drug-likeness (QED) is 0.450. The SMILES string of the molecule is O=C1CSC(c2cnccc2-c2ccc(Br)cc2)N1Cc1ccc(F)c(F)c1F. The molecular weight excluding hydrogens is 465 g/mol. The molecule has 0 aliphatic carbocycles. The molecule has 2 heterocycles. The van der Waals surface area contributed by atoms with Gasteiger partial charge >= 0.3 is 0 Å². The standard InChI is InChI=1S/C21H14BrF3N2OS/c22-14-4-1-12(2-5-14)15-7-8-26-9-16(15)21-27(18(28)11-29-21)10-13-3-6-17(23)20(25)19(13)24/h1-9,21H,10-11H2. The fraction of sp³-hybridized carbons (Fsp3) is 0.143. The molecule has 1 aromatic heterocycles. The summed E-state index contributed by atoms with van der Waals surface area (Å²) in [6.45, 7) is -0.159. The van der Waals surface area contributed by atoms with E-state index >= 15 is 0 Å². The topological polar surface area (TPSA) is 33.2 Å². The van der Waals surface area contributed by atoms with E-state index in [0.717, 1.165) is 27.2 Å². The average molecular weight is 479 g/mol. The number of carbonyl (C=O) groups is 1. The van der Waals surface area contributed by atoms with Gasteiger partial charge in [-0.15, -0.1) is 11.8 Å². The van der Waals surface area contributed by atoms with E-state index in [0.29, 0.717) is 0 Å². The predicted molar refractivity (Wildman–Crippen MR) is 109 cm³/mol. The number of nitrogens with zero attached hydrogens (tertiary/aromatic N) is 2. The third-order valence-electron chi connectivity index (χ3n) is 4.70. The second-order valence-electron chi connectivity index (χ2n) is 6.49. The number of benzene rings is 2. The van der Waals surface area contributed by atoms with Gasteiger partial charge in [-0.2, -0.15) is 0 Å². The molecule has 29 heavy (non-hydrogen) atoms. The van der Waals surface area contributed by atoms with Crippen LogP contribution in [0.15, 0.2) is 59.3 Å². The van der Waals surface area contributed by atoms with Gasteiger partial charge in [0.25, 0.3) is 0 Å². The van der Waals surface area contributed by atoms with Crippen LogP contribution in [0, 0.1) is 17.5 Å². The second-order valence-corrected chi connectivity index (χ2v) is 8.47. The highest BCUT2D eigenvalue weighted by atomic mass is 79.9. The third kappa shape index (κ3) is 3.91. The molecule has 2 aromatic carbocycles. The van der Waals surface area contributed by atoms with Gasteiger partial charge in [0.1, 0.15) is 5.37 Å². The molecule has 1 fully saturated rings. The molecule has 0 spiro atoms. The van der Waals surface area contributed by atoms with Gasteiger partial charge in [0, 0.05) is 28.0 Å². The average Bonchev–Trinajstić information content (AvgIpc) is 3.09. The van der Waals surface area contributed by atoms with Crippen LogP contribution in [-0.4, -0.2) is 21.5 Å². The van der Waals surface area contributed by atoms with Crippen molar-refractivity contribution in [1.82, 2.24) is 9.88 Å². The minimum absolute atomic E-state index is 0.0705. The highest BCUT2D eigenvalue weighted by Crippen LogP contribution is 2.43. The Morgan fingerprint density at radius 1 is 1.07 bits per heavy atom. The molecule has 0 radical (unpaired) electrons. The molecule has 1 atom stereocenters. The summed E-state index contributed by atoms with van der Waals surface area (Å²) in [5.74, 6) is -4.04. The fourth-order valence-corrected chi connectivity index (χ4v) is 4.72. The van der Waals surface area contributed by atoms with Crippen molar-refractivity contribution in [3.05, 3.63) is 87.9 Å². The maximum absolute atomic E-state index is 14.2. The van der Waals surface area contributed by atoms with Crippen molar-refractivity contribution in [3.63, 3.8) is 0 Å². The lowest BCUT2D eigenvalue weighted by Crippen LogP contribution is -2.28. The van der Waals surface area contributed by atoms with Gasteiger partial charge < -0.3 is 4.90 Å². The Kier molecular flexibility index (Phi) is 5.65. The molecule has 4 rings (SSSR count). The monoisotopic (exact) mass is 478 g/mol. The molecule has 1 aliphatic rings. The van der Waals surface area contributed by atoms with Crippen molar-refractivity contribution in [2.75, 3.05) is 5.75 Å². The summed E-state index contributed by atoms with van der Waals surface area (Å²) < 4.78 is 42.0. The maximum atomic E-state index is 14.2. The number of halogens is 4. The molecular formula is C21H14BrF3N2OS. The van der Waals surface area contributed by atoms with E-state index in [4.69, 9.17) is 0 Å². The lowest BCUT2D eigenvalue weighted by molar-refractivity contribution is -0.128. The van der Waals surface area contributed by atoms with Crippen LogP contribution in [-0.2, 0) is 11.3 Å². The van der Waals surface area contributed by atoms with Crippen LogP contribution in [0.3, 0.4) is 0 Å². The Morgan fingerprint density at radius 3 is 2.59 bits per heavy atom. The van der Waals surface area contributed by atoms with Crippen LogP contribution in [0.1, 0.15) is 16.5 Å². The van der Waals surface area contributed by atoms with Crippen molar-refractivity contribution in [1.29, 1.82) is 0 Å². The van der Waals surface area contributed by atoms with E-state index < -0.39 is 22.8 Å². The summed E-state index contributed by atoms with van der Waals surface area (Å²) in [7, 11) is 0. The van der Waals surface area contributed by atoms with Crippen LogP contribution >= 0.6 is 27.7 Å². The maximum Gasteiger partial charge on any atom is 0.234 e. The Hall–Kier alpha value is -2.32. The Labute approximate surface area is 178 Å². The van der Waals surface area contributed by atoms with Gasteiger partial charge in [-0.3, -0.25) is 9.78 Å². The smallest absolute Gasteiger partial charge is 0.234 e. The highest BCUT2D eigenvalue weighted by Gasteiger charge is 2.35. The van der Waals surface area contributed by atoms with Gasteiger partial charge in [0.2, 0.25) is 5.91 Å². The molecule has 1 saturated heterocycles. The third-order valence-corrected chi connectivity index (χ3v) is 6.46. The molecule has 8 heteroatoms. The van der Waals surface area contributed by atoms with E-state index in [1.807, 2.05) is 30.3 Å². The van der Waals surface area contributed by atoms with Gasteiger partial charge in [-0.25, -0.2) is 13.2 Å². The van der Waals surface area contributed by atoms with Crippen LogP contribution in [0.5, 0.6) is 0 Å². The second kappa shape index (κ2) is 8.20. The number of hydrogen-bond donors (Lipinski definition) is 0. The minimum atomic E-state index is -1.53. The van der Waals surface area contributed by atoms with Crippen molar-refractivity contribution >= 4 is 33.6 Å². The molecule has 1 unspecified atom stereocenters. The van der Waals surface area contributed by atoms with Crippen LogP contribution in [0.4, 0.5) is 13.2 Å². The number of thioether (sulfide) groups is 1. The first-order valence-corrected chi connectivity index (χ1v) is 10.5. The molecule has 148 valence electrons. The zero-order chi connectivity index (χ0) is 20.5. The van der Waals surface area contributed by atoms with E-state index in [1.165, 1.54) is 22.7 Å². The van der Waals surface area contributed by atoms with Gasteiger partial charge in [-0.1, -0.05) is 34.1 Å². The fourth-order valence-electron chi connectivity index (χ4n) is 3.25. The van der Waals surface area contributed by atoms with E-state index in [9.17, 15) is 18.0 Å². The van der Waals surface area contributed by atoms with Crippen molar-refractivity contribution in [3.8, 4) is 11.1 Å². The molecule has 3 aromatic rings. The molecule has 1 amide bonds. The van der Waals surface area contributed by atoms with Crippen molar-refractivity contribution < 1.29 is 18.0 Å². The molecule has 0 saturated carbocycles. The Bertz CT molecular complexity index is 1080. The molecule has 0 N–H and O–H groups in total.